The highest BCUT2D eigenvalue weighted by molar-refractivity contribution is 5.88. The third-order valence-corrected chi connectivity index (χ3v) is 6.20. The normalized spacial score (nSPS) is 22.0. The number of rotatable bonds is 9. The SMILES string of the molecule is O=C(C=Cc1cc(O)ccc1O)OC[C@H]1O[C@@H](Oc2ccc(O)cc2)[C@H](OC(=O)C=Cc2cc(O)ccc2O)[C@@H](O)[C@@H]1O. The Morgan fingerprint density at radius 2 is 1.26 bits per heavy atom. The number of esters is 2. The summed E-state index contributed by atoms with van der Waals surface area (Å²) < 4.78 is 21.9. The Morgan fingerprint density at radius 3 is 1.84 bits per heavy atom. The summed E-state index contributed by atoms with van der Waals surface area (Å²) in [4.78, 5) is 24.9. The summed E-state index contributed by atoms with van der Waals surface area (Å²) in [5.74, 6) is -2.57. The Morgan fingerprint density at radius 1 is 0.721 bits per heavy atom. The molecular weight excluding hydrogens is 568 g/mol. The number of aromatic hydroxyl groups is 5. The molecule has 1 heterocycles. The van der Waals surface area contributed by atoms with E-state index in [9.17, 15) is 45.3 Å². The van der Waals surface area contributed by atoms with E-state index in [1.54, 1.807) is 0 Å². The number of benzene rings is 3. The van der Waals surface area contributed by atoms with Crippen LogP contribution in [0.5, 0.6) is 34.5 Å². The van der Waals surface area contributed by atoms with E-state index in [1.807, 2.05) is 0 Å². The first kappa shape index (κ1) is 30.7. The van der Waals surface area contributed by atoms with Crippen LogP contribution < -0.4 is 4.74 Å². The maximum atomic E-state index is 12.6. The van der Waals surface area contributed by atoms with Crippen molar-refractivity contribution in [1.29, 1.82) is 0 Å². The van der Waals surface area contributed by atoms with Gasteiger partial charge in [0.1, 0.15) is 59.4 Å². The van der Waals surface area contributed by atoms with Crippen molar-refractivity contribution in [3.8, 4) is 34.5 Å². The predicted molar refractivity (Wildman–Crippen MR) is 148 cm³/mol. The molecule has 1 aliphatic rings. The van der Waals surface area contributed by atoms with E-state index in [4.69, 9.17) is 18.9 Å². The molecule has 0 saturated carbocycles. The molecule has 3 aromatic carbocycles. The first-order chi connectivity index (χ1) is 20.5. The molecule has 5 atom stereocenters. The smallest absolute Gasteiger partial charge is 0.331 e. The second kappa shape index (κ2) is 13.6. The van der Waals surface area contributed by atoms with Crippen LogP contribution in [0.15, 0.2) is 72.8 Å². The molecule has 13 nitrogen and oxygen atoms in total. The van der Waals surface area contributed by atoms with Crippen LogP contribution in [0.4, 0.5) is 0 Å². The lowest BCUT2D eigenvalue weighted by Crippen LogP contribution is -2.61. The van der Waals surface area contributed by atoms with Gasteiger partial charge in [0.25, 0.3) is 0 Å². The first-order valence-electron chi connectivity index (χ1n) is 12.7. The third-order valence-electron chi connectivity index (χ3n) is 6.20. The van der Waals surface area contributed by atoms with Gasteiger partial charge in [-0.05, 0) is 72.8 Å². The Balaban J connectivity index is 1.46. The van der Waals surface area contributed by atoms with Gasteiger partial charge in [-0.2, -0.15) is 0 Å². The topological polar surface area (TPSA) is 213 Å². The molecule has 1 fully saturated rings. The average Bonchev–Trinajstić information content (AvgIpc) is 2.98. The van der Waals surface area contributed by atoms with Gasteiger partial charge in [-0.15, -0.1) is 0 Å². The number of aliphatic hydroxyl groups is 2. The quantitative estimate of drug-likeness (QED) is 0.107. The van der Waals surface area contributed by atoms with E-state index in [0.717, 1.165) is 18.2 Å². The molecule has 13 heteroatoms. The molecular formula is C30H28O13. The van der Waals surface area contributed by atoms with Crippen LogP contribution in [0.3, 0.4) is 0 Å². The lowest BCUT2D eigenvalue weighted by Gasteiger charge is -2.41. The van der Waals surface area contributed by atoms with Crippen LogP contribution >= 0.6 is 0 Å². The molecule has 0 radical (unpaired) electrons. The maximum Gasteiger partial charge on any atom is 0.331 e. The van der Waals surface area contributed by atoms with Gasteiger partial charge in [0.2, 0.25) is 6.29 Å². The van der Waals surface area contributed by atoms with Crippen molar-refractivity contribution in [2.45, 2.75) is 30.7 Å². The standard InChI is InChI=1S/C30H28O13/c31-18-3-7-21(8-4-18)41-30-29(43-26(37)12-2-17-14-20(33)6-10-23(17)35)28(39)27(38)24(42-30)15-40-25(36)11-1-16-13-19(32)5-9-22(16)34/h1-14,24,27-35,38-39H,15H2/t24-,27-,28+,29-,30-/m1/s1. The monoisotopic (exact) mass is 596 g/mol. The van der Waals surface area contributed by atoms with Crippen molar-refractivity contribution in [3.63, 3.8) is 0 Å². The van der Waals surface area contributed by atoms with Gasteiger partial charge in [0.15, 0.2) is 6.10 Å². The summed E-state index contributed by atoms with van der Waals surface area (Å²) in [6.45, 7) is -0.569. The Bertz CT molecular complexity index is 1500. The van der Waals surface area contributed by atoms with E-state index in [2.05, 4.69) is 0 Å². The number of phenolic OH excluding ortho intramolecular Hbond substituents is 5. The summed E-state index contributed by atoms with van der Waals surface area (Å²) >= 11 is 0. The average molecular weight is 597 g/mol. The number of carbonyl (C=O) groups is 2. The highest BCUT2D eigenvalue weighted by Crippen LogP contribution is 2.29. The largest absolute Gasteiger partial charge is 0.508 e. The van der Waals surface area contributed by atoms with Crippen LogP contribution in [0.25, 0.3) is 12.2 Å². The Labute approximate surface area is 244 Å². The molecule has 1 saturated heterocycles. The van der Waals surface area contributed by atoms with Crippen molar-refractivity contribution in [1.82, 2.24) is 0 Å². The number of hydrogen-bond acceptors (Lipinski definition) is 13. The Kier molecular flexibility index (Phi) is 9.72. The zero-order chi connectivity index (χ0) is 31.1. The van der Waals surface area contributed by atoms with E-state index in [0.29, 0.717) is 0 Å². The zero-order valence-electron chi connectivity index (χ0n) is 22.3. The minimum absolute atomic E-state index is 0.0624. The van der Waals surface area contributed by atoms with Crippen molar-refractivity contribution >= 4 is 24.1 Å². The molecule has 7 N–H and O–H groups in total. The lowest BCUT2D eigenvalue weighted by molar-refractivity contribution is -0.281. The van der Waals surface area contributed by atoms with Crippen LogP contribution in [0.2, 0.25) is 0 Å². The van der Waals surface area contributed by atoms with Gasteiger partial charge < -0.3 is 54.7 Å². The zero-order valence-corrected chi connectivity index (χ0v) is 22.3. The summed E-state index contributed by atoms with van der Waals surface area (Å²) in [6, 6.07) is 12.7. The molecule has 0 aromatic heterocycles. The maximum absolute atomic E-state index is 12.6. The molecule has 0 bridgehead atoms. The lowest BCUT2D eigenvalue weighted by atomic mass is 9.99. The van der Waals surface area contributed by atoms with Gasteiger partial charge in [-0.25, -0.2) is 9.59 Å². The number of phenols is 5. The minimum Gasteiger partial charge on any atom is -0.508 e. The van der Waals surface area contributed by atoms with Gasteiger partial charge in [0.05, 0.1) is 0 Å². The molecule has 43 heavy (non-hydrogen) atoms. The molecule has 0 unspecified atom stereocenters. The fourth-order valence-electron chi connectivity index (χ4n) is 3.97. The van der Waals surface area contributed by atoms with E-state index >= 15 is 0 Å². The number of carbonyl (C=O) groups excluding carboxylic acids is 2. The Hall–Kier alpha value is -5.24. The molecule has 0 spiro atoms. The van der Waals surface area contributed by atoms with E-state index < -0.39 is 49.3 Å². The van der Waals surface area contributed by atoms with Crippen molar-refractivity contribution in [2.24, 2.45) is 0 Å². The third kappa shape index (κ3) is 8.16. The van der Waals surface area contributed by atoms with E-state index in [1.165, 1.54) is 66.7 Å². The molecule has 226 valence electrons. The molecule has 4 rings (SSSR count). The number of aliphatic hydroxyl groups excluding tert-OH is 2. The van der Waals surface area contributed by atoms with Crippen LogP contribution in [-0.2, 0) is 23.8 Å². The second-order valence-electron chi connectivity index (χ2n) is 9.32. The van der Waals surface area contributed by atoms with Crippen molar-refractivity contribution < 1.29 is 64.3 Å². The van der Waals surface area contributed by atoms with Gasteiger partial charge in [-0.3, -0.25) is 0 Å². The van der Waals surface area contributed by atoms with Crippen molar-refractivity contribution in [2.75, 3.05) is 6.61 Å². The molecule has 0 aliphatic carbocycles. The van der Waals surface area contributed by atoms with Crippen molar-refractivity contribution in [3.05, 3.63) is 83.9 Å². The fourth-order valence-corrected chi connectivity index (χ4v) is 3.97. The summed E-state index contributed by atoms with van der Waals surface area (Å²) in [5.41, 5.74) is 0.242. The fraction of sp³-hybridized carbons (Fsp3) is 0.200. The van der Waals surface area contributed by atoms with Crippen LogP contribution in [-0.4, -0.2) is 85.0 Å². The van der Waals surface area contributed by atoms with Gasteiger partial charge in [-0.1, -0.05) is 0 Å². The van der Waals surface area contributed by atoms with Crippen LogP contribution in [0, 0.1) is 0 Å². The van der Waals surface area contributed by atoms with E-state index in [-0.39, 0.29) is 45.6 Å². The first-order valence-corrected chi connectivity index (χ1v) is 12.7. The molecule has 3 aromatic rings. The summed E-state index contributed by atoms with van der Waals surface area (Å²) in [6.07, 6.45) is -3.75. The minimum atomic E-state index is -1.79. The van der Waals surface area contributed by atoms with Gasteiger partial charge >= 0.3 is 11.9 Å². The summed E-state index contributed by atoms with van der Waals surface area (Å²) in [5, 5.41) is 70.0. The van der Waals surface area contributed by atoms with Gasteiger partial charge in [0, 0.05) is 23.3 Å². The van der Waals surface area contributed by atoms with Crippen LogP contribution in [0.1, 0.15) is 11.1 Å². The summed E-state index contributed by atoms with van der Waals surface area (Å²) in [7, 11) is 0. The molecule has 0 amide bonds. The second-order valence-corrected chi connectivity index (χ2v) is 9.32. The molecule has 1 aliphatic heterocycles. The number of ether oxygens (including phenoxy) is 4. The highest BCUT2D eigenvalue weighted by atomic mass is 16.7. The highest BCUT2D eigenvalue weighted by Gasteiger charge is 2.48. The number of hydrogen-bond donors (Lipinski definition) is 7. The predicted octanol–water partition coefficient (Wildman–Crippen LogP) is 1.92.